The van der Waals surface area contributed by atoms with Crippen LogP contribution in [0.4, 0.5) is 19.0 Å². The van der Waals surface area contributed by atoms with Crippen LogP contribution in [0.25, 0.3) is 0 Å². The minimum atomic E-state index is -4.44. The van der Waals surface area contributed by atoms with Gasteiger partial charge < -0.3 is 5.32 Å². The van der Waals surface area contributed by atoms with Gasteiger partial charge in [-0.05, 0) is 6.07 Å². The minimum absolute atomic E-state index is 0.0608. The fourth-order valence-electron chi connectivity index (χ4n) is 1.22. The first-order chi connectivity index (χ1) is 8.47. The molecule has 0 saturated heterocycles. The summed E-state index contributed by atoms with van der Waals surface area (Å²) in [7, 11) is 0. The summed E-state index contributed by atoms with van der Waals surface area (Å²) in [6.07, 6.45) is -2.02. The summed E-state index contributed by atoms with van der Waals surface area (Å²) in [5, 5.41) is 2.79. The summed E-state index contributed by atoms with van der Waals surface area (Å²) in [5.41, 5.74) is 0.801. The SMILES string of the molecule is FC(F)(F)c1cnc(NCc2cncs2)c(Cl)c1. The van der Waals surface area contributed by atoms with Gasteiger partial charge in [0.15, 0.2) is 0 Å². The Balaban J connectivity index is 2.10. The van der Waals surface area contributed by atoms with E-state index in [1.807, 2.05) is 0 Å². The highest BCUT2D eigenvalue weighted by molar-refractivity contribution is 7.09. The predicted octanol–water partition coefficient (Wildman–Crippen LogP) is 3.82. The number of hydrogen-bond donors (Lipinski definition) is 1. The van der Waals surface area contributed by atoms with Crippen molar-refractivity contribution in [2.24, 2.45) is 0 Å². The zero-order valence-electron chi connectivity index (χ0n) is 8.83. The van der Waals surface area contributed by atoms with Gasteiger partial charge in [-0.25, -0.2) is 4.98 Å². The van der Waals surface area contributed by atoms with Crippen molar-refractivity contribution in [3.8, 4) is 0 Å². The van der Waals surface area contributed by atoms with Crippen LogP contribution in [0.3, 0.4) is 0 Å². The van der Waals surface area contributed by atoms with Crippen molar-refractivity contribution in [2.45, 2.75) is 12.7 Å². The third-order valence-corrected chi connectivity index (χ3v) is 3.15. The third kappa shape index (κ3) is 3.11. The van der Waals surface area contributed by atoms with Crippen molar-refractivity contribution >= 4 is 28.8 Å². The summed E-state index contributed by atoms with van der Waals surface area (Å²) in [4.78, 5) is 8.48. The zero-order valence-corrected chi connectivity index (χ0v) is 10.4. The molecule has 0 radical (unpaired) electrons. The molecule has 0 bridgehead atoms. The molecule has 96 valence electrons. The van der Waals surface area contributed by atoms with E-state index in [0.29, 0.717) is 6.54 Å². The predicted molar refractivity (Wildman–Crippen MR) is 63.7 cm³/mol. The Labute approximate surface area is 110 Å². The molecule has 18 heavy (non-hydrogen) atoms. The summed E-state index contributed by atoms with van der Waals surface area (Å²) in [6.45, 7) is 0.419. The normalized spacial score (nSPS) is 11.6. The lowest BCUT2D eigenvalue weighted by Gasteiger charge is -2.10. The van der Waals surface area contributed by atoms with Gasteiger partial charge in [0.25, 0.3) is 0 Å². The maximum Gasteiger partial charge on any atom is 0.417 e. The quantitative estimate of drug-likeness (QED) is 0.935. The maximum absolute atomic E-state index is 12.4. The van der Waals surface area contributed by atoms with Gasteiger partial charge in [0, 0.05) is 17.3 Å². The van der Waals surface area contributed by atoms with Gasteiger partial charge in [0.1, 0.15) is 5.82 Å². The molecule has 1 N–H and O–H groups in total. The molecule has 2 aromatic rings. The molecule has 0 aliphatic rings. The van der Waals surface area contributed by atoms with Gasteiger partial charge in [0.05, 0.1) is 22.6 Å². The average Bonchev–Trinajstić information content (AvgIpc) is 2.79. The molecule has 0 aliphatic heterocycles. The molecule has 0 aliphatic carbocycles. The first-order valence-electron chi connectivity index (χ1n) is 4.81. The Morgan fingerprint density at radius 3 is 2.67 bits per heavy atom. The second-order valence-corrected chi connectivity index (χ2v) is 4.75. The molecule has 0 atom stereocenters. The van der Waals surface area contributed by atoms with E-state index < -0.39 is 11.7 Å². The van der Waals surface area contributed by atoms with Gasteiger partial charge >= 0.3 is 6.18 Å². The number of aromatic nitrogens is 2. The van der Waals surface area contributed by atoms with E-state index in [2.05, 4.69) is 15.3 Å². The fraction of sp³-hybridized carbons (Fsp3) is 0.200. The number of anilines is 1. The van der Waals surface area contributed by atoms with E-state index in [4.69, 9.17) is 11.6 Å². The smallest absolute Gasteiger partial charge is 0.364 e. The zero-order chi connectivity index (χ0) is 13.2. The van der Waals surface area contributed by atoms with Crippen LogP contribution < -0.4 is 5.32 Å². The van der Waals surface area contributed by atoms with Crippen LogP contribution in [0.15, 0.2) is 24.0 Å². The Bertz CT molecular complexity index is 528. The maximum atomic E-state index is 12.4. The second-order valence-electron chi connectivity index (χ2n) is 3.37. The van der Waals surface area contributed by atoms with E-state index in [1.165, 1.54) is 11.3 Å². The van der Waals surface area contributed by atoms with E-state index >= 15 is 0 Å². The van der Waals surface area contributed by atoms with Gasteiger partial charge in [-0.3, -0.25) is 4.98 Å². The molecule has 0 aromatic carbocycles. The number of nitrogens with one attached hydrogen (secondary N) is 1. The largest absolute Gasteiger partial charge is 0.417 e. The van der Waals surface area contributed by atoms with Crippen LogP contribution in [-0.2, 0) is 12.7 Å². The molecule has 0 amide bonds. The van der Waals surface area contributed by atoms with E-state index in [1.54, 1.807) is 11.7 Å². The lowest BCUT2D eigenvalue weighted by molar-refractivity contribution is -0.137. The highest BCUT2D eigenvalue weighted by Crippen LogP contribution is 2.32. The van der Waals surface area contributed by atoms with Crippen molar-refractivity contribution in [3.63, 3.8) is 0 Å². The lowest BCUT2D eigenvalue weighted by atomic mass is 10.3. The Morgan fingerprint density at radius 2 is 2.11 bits per heavy atom. The van der Waals surface area contributed by atoms with Gasteiger partial charge in [-0.1, -0.05) is 11.6 Å². The third-order valence-electron chi connectivity index (χ3n) is 2.08. The summed E-state index contributed by atoms with van der Waals surface area (Å²) in [6, 6.07) is 0.851. The van der Waals surface area contributed by atoms with Crippen LogP contribution in [0.1, 0.15) is 10.4 Å². The second kappa shape index (κ2) is 5.11. The number of thiazole rings is 1. The van der Waals surface area contributed by atoms with Crippen molar-refractivity contribution in [1.29, 1.82) is 0 Å². The fourth-order valence-corrected chi connectivity index (χ4v) is 1.99. The van der Waals surface area contributed by atoms with Crippen molar-refractivity contribution in [2.75, 3.05) is 5.32 Å². The van der Waals surface area contributed by atoms with E-state index in [9.17, 15) is 13.2 Å². The van der Waals surface area contributed by atoms with Crippen LogP contribution in [0, 0.1) is 0 Å². The molecule has 8 heteroatoms. The number of hydrogen-bond acceptors (Lipinski definition) is 4. The molecule has 0 fully saturated rings. The minimum Gasteiger partial charge on any atom is -0.364 e. The molecule has 0 saturated carbocycles. The monoisotopic (exact) mass is 293 g/mol. The highest BCUT2D eigenvalue weighted by atomic mass is 35.5. The van der Waals surface area contributed by atoms with Crippen LogP contribution in [0.5, 0.6) is 0 Å². The first-order valence-corrected chi connectivity index (χ1v) is 6.06. The molecule has 2 aromatic heterocycles. The number of halogens is 4. The molecule has 3 nitrogen and oxygen atoms in total. The molecule has 2 rings (SSSR count). The van der Waals surface area contributed by atoms with Crippen molar-refractivity contribution in [1.82, 2.24) is 9.97 Å². The van der Waals surface area contributed by atoms with Gasteiger partial charge in [0.2, 0.25) is 0 Å². The number of nitrogens with zero attached hydrogens (tertiary/aromatic N) is 2. The van der Waals surface area contributed by atoms with Crippen LogP contribution in [-0.4, -0.2) is 9.97 Å². The first kappa shape index (κ1) is 13.1. The van der Waals surface area contributed by atoms with Crippen LogP contribution >= 0.6 is 22.9 Å². The highest BCUT2D eigenvalue weighted by Gasteiger charge is 2.31. The van der Waals surface area contributed by atoms with Crippen LogP contribution in [0.2, 0.25) is 5.02 Å². The Morgan fingerprint density at radius 1 is 1.33 bits per heavy atom. The van der Waals surface area contributed by atoms with E-state index in [-0.39, 0.29) is 10.8 Å². The van der Waals surface area contributed by atoms with E-state index in [0.717, 1.165) is 17.1 Å². The van der Waals surface area contributed by atoms with Crippen molar-refractivity contribution < 1.29 is 13.2 Å². The number of pyridine rings is 1. The lowest BCUT2D eigenvalue weighted by Crippen LogP contribution is -2.07. The average molecular weight is 294 g/mol. The summed E-state index contributed by atoms with van der Waals surface area (Å²) in [5.74, 6) is 0.220. The molecule has 0 unspecified atom stereocenters. The Kier molecular flexibility index (Phi) is 3.72. The van der Waals surface area contributed by atoms with Crippen molar-refractivity contribution in [3.05, 3.63) is 39.4 Å². The number of alkyl halides is 3. The molecular weight excluding hydrogens is 287 g/mol. The summed E-state index contributed by atoms with van der Waals surface area (Å²) >= 11 is 7.17. The molecule has 2 heterocycles. The van der Waals surface area contributed by atoms with Gasteiger partial charge in [-0.2, -0.15) is 13.2 Å². The number of rotatable bonds is 3. The summed E-state index contributed by atoms with van der Waals surface area (Å²) < 4.78 is 37.1. The molecule has 0 spiro atoms. The standard InChI is InChI=1S/C10H7ClF3N3S/c11-8-1-6(10(12,13)14)2-16-9(8)17-4-7-3-15-5-18-7/h1-3,5H,4H2,(H,16,17). The Hall–Kier alpha value is -1.34. The van der Waals surface area contributed by atoms with Gasteiger partial charge in [-0.15, -0.1) is 11.3 Å². The molecular formula is C10H7ClF3N3S. The topological polar surface area (TPSA) is 37.8 Å².